The highest BCUT2D eigenvalue weighted by Gasteiger charge is 2.55. The van der Waals surface area contributed by atoms with Crippen LogP contribution in [-0.4, -0.2) is 55.5 Å². The lowest BCUT2D eigenvalue weighted by Gasteiger charge is -2.47. The molecule has 1 unspecified atom stereocenters. The van der Waals surface area contributed by atoms with Crippen molar-refractivity contribution in [1.29, 1.82) is 0 Å². The molecular weight excluding hydrogens is 440 g/mol. The van der Waals surface area contributed by atoms with Gasteiger partial charge in [0.15, 0.2) is 0 Å². The SMILES string of the molecule is O=P(O)(O)OP(=O)(O)OC(CCCl)(CCCl)C(CO)(CCl)CCl. The number of phosphoric acid groups is 2. The average molecular weight is 458 g/mol. The van der Waals surface area contributed by atoms with Gasteiger partial charge in [0.05, 0.1) is 17.6 Å². The van der Waals surface area contributed by atoms with E-state index >= 15 is 0 Å². The zero-order valence-electron chi connectivity index (χ0n) is 11.8. The number of rotatable bonds is 12. The van der Waals surface area contributed by atoms with Gasteiger partial charge in [0, 0.05) is 23.5 Å². The van der Waals surface area contributed by atoms with E-state index in [4.69, 9.17) is 60.7 Å². The minimum Gasteiger partial charge on any atom is -0.396 e. The molecule has 4 N–H and O–H groups in total. The molecule has 140 valence electrons. The summed E-state index contributed by atoms with van der Waals surface area (Å²) >= 11 is 23.1. The summed E-state index contributed by atoms with van der Waals surface area (Å²) in [6, 6.07) is 0. The summed E-state index contributed by atoms with van der Waals surface area (Å²) in [5.41, 5.74) is -3.19. The van der Waals surface area contributed by atoms with Gasteiger partial charge in [0.2, 0.25) is 0 Å². The minimum atomic E-state index is -5.32. The molecule has 0 aliphatic heterocycles. The van der Waals surface area contributed by atoms with Crippen LogP contribution >= 0.6 is 62.0 Å². The molecule has 0 amide bonds. The van der Waals surface area contributed by atoms with Crippen LogP contribution in [0.25, 0.3) is 0 Å². The van der Waals surface area contributed by atoms with E-state index < -0.39 is 33.3 Å². The molecule has 0 rings (SSSR count). The maximum Gasteiger partial charge on any atom is 0.481 e. The second-order valence-corrected chi connectivity index (χ2v) is 8.75. The maximum atomic E-state index is 12.0. The zero-order chi connectivity index (χ0) is 18.4. The van der Waals surface area contributed by atoms with Gasteiger partial charge in [-0.1, -0.05) is 0 Å². The molecule has 0 heterocycles. The maximum absolute atomic E-state index is 12.0. The van der Waals surface area contributed by atoms with Crippen LogP contribution in [0.2, 0.25) is 0 Å². The summed E-state index contributed by atoms with van der Waals surface area (Å²) in [5.74, 6) is -0.780. The van der Waals surface area contributed by atoms with Crippen molar-refractivity contribution in [2.24, 2.45) is 5.41 Å². The quantitative estimate of drug-likeness (QED) is 0.259. The first-order chi connectivity index (χ1) is 10.5. The first-order valence-corrected chi connectivity index (χ1v) is 11.3. The monoisotopic (exact) mass is 456 g/mol. The molecular formula is C9H18Cl4O8P2. The van der Waals surface area contributed by atoms with E-state index in [9.17, 15) is 19.1 Å². The van der Waals surface area contributed by atoms with Crippen LogP contribution in [0.5, 0.6) is 0 Å². The molecule has 0 spiro atoms. The lowest BCUT2D eigenvalue weighted by atomic mass is 9.71. The molecule has 23 heavy (non-hydrogen) atoms. The van der Waals surface area contributed by atoms with E-state index in [1.54, 1.807) is 0 Å². The Bertz CT molecular complexity index is 441. The number of halogens is 4. The van der Waals surface area contributed by atoms with Crippen LogP contribution in [0.15, 0.2) is 0 Å². The fraction of sp³-hybridized carbons (Fsp3) is 1.00. The van der Waals surface area contributed by atoms with Crippen molar-refractivity contribution in [2.45, 2.75) is 18.4 Å². The predicted molar refractivity (Wildman–Crippen MR) is 88.4 cm³/mol. The normalized spacial score (nSPS) is 16.3. The number of hydrogen-bond acceptors (Lipinski definition) is 5. The van der Waals surface area contributed by atoms with Crippen molar-refractivity contribution in [3.8, 4) is 0 Å². The third kappa shape index (κ3) is 6.89. The zero-order valence-corrected chi connectivity index (χ0v) is 16.6. The summed E-state index contributed by atoms with van der Waals surface area (Å²) in [4.78, 5) is 27.1. The molecule has 0 radical (unpaired) electrons. The highest BCUT2D eigenvalue weighted by molar-refractivity contribution is 7.60. The van der Waals surface area contributed by atoms with Crippen molar-refractivity contribution < 1.29 is 37.8 Å². The van der Waals surface area contributed by atoms with Crippen molar-refractivity contribution >= 4 is 62.0 Å². The molecule has 0 aromatic rings. The van der Waals surface area contributed by atoms with Crippen molar-refractivity contribution in [3.05, 3.63) is 0 Å². The van der Waals surface area contributed by atoms with Crippen LogP contribution in [-0.2, 0) is 18.0 Å². The third-order valence-corrected chi connectivity index (χ3v) is 6.93. The van der Waals surface area contributed by atoms with Crippen LogP contribution < -0.4 is 0 Å². The number of alkyl halides is 4. The Labute approximate surface area is 153 Å². The van der Waals surface area contributed by atoms with E-state index in [1.807, 2.05) is 0 Å². The van der Waals surface area contributed by atoms with Crippen LogP contribution in [0.1, 0.15) is 12.8 Å². The smallest absolute Gasteiger partial charge is 0.396 e. The van der Waals surface area contributed by atoms with Crippen LogP contribution in [0.3, 0.4) is 0 Å². The molecule has 0 aliphatic carbocycles. The lowest BCUT2D eigenvalue weighted by molar-refractivity contribution is -0.0831. The molecule has 0 aromatic heterocycles. The van der Waals surface area contributed by atoms with Crippen molar-refractivity contribution in [2.75, 3.05) is 30.1 Å². The number of phosphoric ester groups is 1. The predicted octanol–water partition coefficient (Wildman–Crippen LogP) is 2.67. The Morgan fingerprint density at radius 2 is 1.35 bits per heavy atom. The van der Waals surface area contributed by atoms with Gasteiger partial charge < -0.3 is 19.8 Å². The highest BCUT2D eigenvalue weighted by atomic mass is 35.5. The topological polar surface area (TPSA) is 134 Å². The van der Waals surface area contributed by atoms with E-state index in [0.29, 0.717) is 0 Å². The van der Waals surface area contributed by atoms with Gasteiger partial charge in [0.1, 0.15) is 0 Å². The standard InChI is InChI=1S/C9H18Cl4O8P2/c10-3-1-9(2-4-11,8(5-12,6-13)7-14)20-23(18,19)21-22(15,16)17/h14H,1-7H2,(H,18,19)(H2,15,16,17). The molecule has 0 aliphatic rings. The fourth-order valence-corrected chi connectivity index (χ4v) is 5.61. The first kappa shape index (κ1) is 24.4. The molecule has 0 aromatic carbocycles. The first-order valence-electron chi connectivity index (χ1n) is 6.12. The van der Waals surface area contributed by atoms with E-state index in [-0.39, 0.29) is 36.4 Å². The molecule has 14 heteroatoms. The van der Waals surface area contributed by atoms with Gasteiger partial charge in [-0.3, -0.25) is 4.52 Å². The highest BCUT2D eigenvalue weighted by Crippen LogP contribution is 2.62. The third-order valence-electron chi connectivity index (χ3n) is 3.28. The fourth-order valence-electron chi connectivity index (χ4n) is 2.03. The molecule has 8 nitrogen and oxygen atoms in total. The van der Waals surface area contributed by atoms with Gasteiger partial charge >= 0.3 is 15.6 Å². The van der Waals surface area contributed by atoms with Gasteiger partial charge in [0.25, 0.3) is 0 Å². The minimum absolute atomic E-state index is 0.0949. The van der Waals surface area contributed by atoms with E-state index in [2.05, 4.69) is 4.31 Å². The van der Waals surface area contributed by atoms with Crippen molar-refractivity contribution in [3.63, 3.8) is 0 Å². The van der Waals surface area contributed by atoms with Crippen LogP contribution in [0.4, 0.5) is 0 Å². The van der Waals surface area contributed by atoms with E-state index in [0.717, 1.165) is 0 Å². The second-order valence-electron chi connectivity index (χ2n) is 4.71. The number of aliphatic hydroxyl groups excluding tert-OH is 1. The van der Waals surface area contributed by atoms with Gasteiger partial charge in [-0.05, 0) is 12.8 Å². The largest absolute Gasteiger partial charge is 0.481 e. The van der Waals surface area contributed by atoms with Crippen molar-refractivity contribution in [1.82, 2.24) is 0 Å². The summed E-state index contributed by atoms with van der Waals surface area (Å²) in [7, 11) is -10.6. The summed E-state index contributed by atoms with van der Waals surface area (Å²) in [5, 5.41) is 9.69. The summed E-state index contributed by atoms with van der Waals surface area (Å²) in [6.45, 7) is -0.649. The Morgan fingerprint density at radius 1 is 0.913 bits per heavy atom. The summed E-state index contributed by atoms with van der Waals surface area (Å²) in [6.07, 6.45) is -0.257. The Kier molecular flexibility index (Phi) is 10.5. The lowest BCUT2D eigenvalue weighted by Crippen LogP contribution is -2.55. The second kappa shape index (κ2) is 9.91. The Hall–Kier alpha value is 1.38. The molecule has 1 atom stereocenters. The number of aliphatic hydroxyl groups is 1. The molecule has 0 saturated carbocycles. The Morgan fingerprint density at radius 3 is 1.61 bits per heavy atom. The van der Waals surface area contributed by atoms with Gasteiger partial charge in [-0.2, -0.15) is 4.31 Å². The molecule has 0 fully saturated rings. The molecule has 0 bridgehead atoms. The average Bonchev–Trinajstić information content (AvgIpc) is 2.38. The van der Waals surface area contributed by atoms with Gasteiger partial charge in [-0.15, -0.1) is 46.4 Å². The van der Waals surface area contributed by atoms with Gasteiger partial charge in [-0.25, -0.2) is 9.13 Å². The van der Waals surface area contributed by atoms with E-state index in [1.165, 1.54) is 0 Å². The Balaban J connectivity index is 5.94. The molecule has 0 saturated heterocycles. The number of hydrogen-bond donors (Lipinski definition) is 4. The van der Waals surface area contributed by atoms with Crippen LogP contribution in [0, 0.1) is 5.41 Å². The summed E-state index contributed by atoms with van der Waals surface area (Å²) < 4.78 is 31.6.